The van der Waals surface area contributed by atoms with Crippen molar-refractivity contribution < 1.29 is 13.2 Å². The Balaban J connectivity index is 2.48. The summed E-state index contributed by atoms with van der Waals surface area (Å²) in [6.07, 6.45) is -0.0800. The second kappa shape index (κ2) is 5.13. The van der Waals surface area contributed by atoms with Gasteiger partial charge in [-0.25, -0.2) is 8.42 Å². The second-order valence-corrected chi connectivity index (χ2v) is 8.07. The van der Waals surface area contributed by atoms with Crippen molar-refractivity contribution in [1.82, 2.24) is 4.31 Å². The highest BCUT2D eigenvalue weighted by molar-refractivity contribution is 7.89. The van der Waals surface area contributed by atoms with Crippen LogP contribution in [0.1, 0.15) is 31.9 Å². The first kappa shape index (κ1) is 15.5. The van der Waals surface area contributed by atoms with E-state index >= 15 is 0 Å². The van der Waals surface area contributed by atoms with Crippen LogP contribution in [0.3, 0.4) is 0 Å². The second-order valence-electron chi connectivity index (χ2n) is 6.24. The number of hydrogen-bond acceptors (Lipinski definition) is 3. The molecule has 0 saturated carbocycles. The van der Waals surface area contributed by atoms with Gasteiger partial charge in [0.2, 0.25) is 10.0 Å². The largest absolute Gasteiger partial charge is 0.375 e. The van der Waals surface area contributed by atoms with Crippen molar-refractivity contribution in [2.75, 3.05) is 13.2 Å². The molecule has 1 aliphatic heterocycles. The van der Waals surface area contributed by atoms with Crippen LogP contribution in [0.25, 0.3) is 0 Å². The van der Waals surface area contributed by atoms with Crippen molar-refractivity contribution in [2.24, 2.45) is 0 Å². The molecule has 1 unspecified atom stereocenters. The zero-order chi connectivity index (χ0) is 15.1. The van der Waals surface area contributed by atoms with Crippen LogP contribution in [0, 0.1) is 13.8 Å². The van der Waals surface area contributed by atoms with E-state index in [1.807, 2.05) is 46.8 Å². The highest BCUT2D eigenvalue weighted by Crippen LogP contribution is 2.30. The molecule has 0 spiro atoms. The average molecular weight is 297 g/mol. The molecule has 0 bridgehead atoms. The van der Waals surface area contributed by atoms with E-state index in [1.165, 1.54) is 0 Å². The summed E-state index contributed by atoms with van der Waals surface area (Å²) < 4.78 is 33.1. The molecule has 1 fully saturated rings. The minimum Gasteiger partial charge on any atom is -0.375 e. The molecule has 20 heavy (non-hydrogen) atoms. The zero-order valence-corrected chi connectivity index (χ0v) is 13.6. The Morgan fingerprint density at radius 2 is 1.95 bits per heavy atom. The Morgan fingerprint density at radius 3 is 2.55 bits per heavy atom. The van der Waals surface area contributed by atoms with Crippen molar-refractivity contribution in [3.63, 3.8) is 0 Å². The molecule has 0 N–H and O–H groups in total. The van der Waals surface area contributed by atoms with Crippen molar-refractivity contribution in [1.29, 1.82) is 0 Å². The van der Waals surface area contributed by atoms with E-state index in [4.69, 9.17) is 4.74 Å². The Kier molecular flexibility index (Phi) is 3.97. The van der Waals surface area contributed by atoms with Gasteiger partial charge in [-0.2, -0.15) is 4.31 Å². The zero-order valence-electron chi connectivity index (χ0n) is 12.8. The minimum atomic E-state index is -3.50. The lowest BCUT2D eigenvalue weighted by Crippen LogP contribution is -2.57. The van der Waals surface area contributed by atoms with E-state index < -0.39 is 15.6 Å². The number of aryl methyl sites for hydroxylation is 2. The van der Waals surface area contributed by atoms with Crippen LogP contribution in [0.4, 0.5) is 0 Å². The van der Waals surface area contributed by atoms with E-state index in [2.05, 4.69) is 0 Å². The van der Waals surface area contributed by atoms with E-state index in [0.717, 1.165) is 11.1 Å². The fourth-order valence-electron chi connectivity index (χ4n) is 2.58. The maximum atomic E-state index is 13.0. The van der Waals surface area contributed by atoms with Gasteiger partial charge in [0.05, 0.1) is 23.1 Å². The van der Waals surface area contributed by atoms with E-state index in [1.54, 1.807) is 10.4 Å². The maximum Gasteiger partial charge on any atom is 0.243 e. The first-order chi connectivity index (χ1) is 9.14. The topological polar surface area (TPSA) is 46.6 Å². The van der Waals surface area contributed by atoms with E-state index in [0.29, 0.717) is 18.0 Å². The van der Waals surface area contributed by atoms with E-state index in [9.17, 15) is 8.42 Å². The summed E-state index contributed by atoms with van der Waals surface area (Å²) in [4.78, 5) is 0.394. The Morgan fingerprint density at radius 1 is 1.30 bits per heavy atom. The molecule has 1 aromatic carbocycles. The van der Waals surface area contributed by atoms with Gasteiger partial charge in [0, 0.05) is 6.54 Å². The summed E-state index contributed by atoms with van der Waals surface area (Å²) in [5.74, 6) is 0. The van der Waals surface area contributed by atoms with Crippen molar-refractivity contribution in [3.05, 3.63) is 29.3 Å². The molecule has 4 nitrogen and oxygen atoms in total. The molecular weight excluding hydrogens is 274 g/mol. The molecule has 0 radical (unpaired) electrons. The normalized spacial score (nSPS) is 23.8. The smallest absolute Gasteiger partial charge is 0.243 e. The van der Waals surface area contributed by atoms with Gasteiger partial charge >= 0.3 is 0 Å². The molecule has 1 heterocycles. The van der Waals surface area contributed by atoms with Gasteiger partial charge in [0.15, 0.2) is 0 Å². The van der Waals surface area contributed by atoms with Gasteiger partial charge in [-0.05, 0) is 46.2 Å². The highest BCUT2D eigenvalue weighted by atomic mass is 32.2. The van der Waals surface area contributed by atoms with Gasteiger partial charge in [-0.15, -0.1) is 0 Å². The van der Waals surface area contributed by atoms with Crippen molar-refractivity contribution in [2.45, 2.75) is 51.2 Å². The summed E-state index contributed by atoms with van der Waals surface area (Å²) in [5.41, 5.74) is 1.33. The summed E-state index contributed by atoms with van der Waals surface area (Å²) >= 11 is 0. The number of sulfonamides is 1. The van der Waals surface area contributed by atoms with Gasteiger partial charge in [-0.3, -0.25) is 0 Å². The third kappa shape index (κ3) is 2.75. The van der Waals surface area contributed by atoms with E-state index in [-0.39, 0.29) is 6.10 Å². The Bertz CT molecular complexity index is 608. The molecule has 1 aromatic rings. The molecule has 0 aliphatic carbocycles. The summed E-state index contributed by atoms with van der Waals surface area (Å²) in [7, 11) is -3.50. The van der Waals surface area contributed by atoms with Crippen LogP contribution in [0.5, 0.6) is 0 Å². The number of morpholine rings is 1. The molecule has 0 amide bonds. The Hall–Kier alpha value is -0.910. The van der Waals surface area contributed by atoms with Crippen LogP contribution in [-0.2, 0) is 14.8 Å². The molecular formula is C15H23NO3S. The van der Waals surface area contributed by atoms with Crippen molar-refractivity contribution in [3.8, 4) is 0 Å². The number of hydrogen-bond donors (Lipinski definition) is 0. The lowest BCUT2D eigenvalue weighted by atomic mass is 10.1. The molecule has 1 aliphatic rings. The molecule has 1 atom stereocenters. The van der Waals surface area contributed by atoms with Crippen molar-refractivity contribution >= 4 is 10.0 Å². The number of nitrogens with zero attached hydrogens (tertiary/aromatic N) is 1. The lowest BCUT2D eigenvalue weighted by molar-refractivity contribution is -0.0551. The predicted octanol–water partition coefficient (Wildman–Crippen LogP) is 2.49. The molecule has 2 rings (SSSR count). The fourth-order valence-corrected chi connectivity index (χ4v) is 4.64. The molecule has 1 saturated heterocycles. The number of ether oxygens (including phenoxy) is 1. The highest BCUT2D eigenvalue weighted by Gasteiger charge is 2.42. The predicted molar refractivity (Wildman–Crippen MR) is 79.3 cm³/mol. The van der Waals surface area contributed by atoms with Crippen LogP contribution >= 0.6 is 0 Å². The molecule has 112 valence electrons. The SMILES string of the molecule is Cc1ccc(S(=O)(=O)N2CC(C)OCC2(C)C)c(C)c1. The van der Waals surface area contributed by atoms with Gasteiger partial charge in [-0.1, -0.05) is 17.7 Å². The van der Waals surface area contributed by atoms with Crippen LogP contribution in [0.15, 0.2) is 23.1 Å². The monoisotopic (exact) mass is 297 g/mol. The quantitative estimate of drug-likeness (QED) is 0.842. The summed E-state index contributed by atoms with van der Waals surface area (Å²) in [6.45, 7) is 10.3. The number of benzene rings is 1. The maximum absolute atomic E-state index is 13.0. The third-order valence-corrected chi connectivity index (χ3v) is 5.96. The summed E-state index contributed by atoms with van der Waals surface area (Å²) in [6, 6.07) is 5.46. The average Bonchev–Trinajstić information content (AvgIpc) is 2.31. The van der Waals surface area contributed by atoms with Crippen LogP contribution < -0.4 is 0 Å². The van der Waals surface area contributed by atoms with Gasteiger partial charge < -0.3 is 4.74 Å². The summed E-state index contributed by atoms with van der Waals surface area (Å²) in [5, 5.41) is 0. The van der Waals surface area contributed by atoms with Gasteiger partial charge in [0.1, 0.15) is 0 Å². The van der Waals surface area contributed by atoms with Crippen LogP contribution in [-0.4, -0.2) is 37.5 Å². The first-order valence-electron chi connectivity index (χ1n) is 6.86. The Labute approximate surface area is 121 Å². The standard InChI is InChI=1S/C15H23NO3S/c1-11-6-7-14(12(2)8-11)20(17,18)16-9-13(3)19-10-15(16,4)5/h6-8,13H,9-10H2,1-5H3. The minimum absolute atomic E-state index is 0.0800. The third-order valence-electron chi connectivity index (χ3n) is 3.72. The molecule has 5 heteroatoms. The fraction of sp³-hybridized carbons (Fsp3) is 0.600. The van der Waals surface area contributed by atoms with Crippen LogP contribution in [0.2, 0.25) is 0 Å². The lowest BCUT2D eigenvalue weighted by Gasteiger charge is -2.43. The number of rotatable bonds is 2. The van der Waals surface area contributed by atoms with Gasteiger partial charge in [0.25, 0.3) is 0 Å². The first-order valence-corrected chi connectivity index (χ1v) is 8.30. The molecule has 0 aromatic heterocycles.